The number of amides is 2. The van der Waals surface area contributed by atoms with Gasteiger partial charge in [-0.05, 0) is 17.7 Å². The van der Waals surface area contributed by atoms with Crippen LogP contribution in [0.15, 0.2) is 24.3 Å². The Kier molecular flexibility index (Phi) is 4.96. The van der Waals surface area contributed by atoms with Crippen LogP contribution in [-0.2, 0) is 16.1 Å². The van der Waals surface area contributed by atoms with Crippen molar-refractivity contribution in [3.05, 3.63) is 35.4 Å². The molecule has 2 amide bonds. The van der Waals surface area contributed by atoms with Gasteiger partial charge >= 0.3 is 0 Å². The third-order valence-electron chi connectivity index (χ3n) is 3.27. The average Bonchev–Trinajstić information content (AvgIpc) is 2.47. The standard InChI is InChI=1S/C16H18N2O3/c1-17-11-16(21)18(12-15(17)20)10-14-7-5-13(6-8-14)4-2-3-9-19/h5-8,19H,3,9-12H2,1H3. The summed E-state index contributed by atoms with van der Waals surface area (Å²) in [6.07, 6.45) is 0.458. The molecule has 0 saturated carbocycles. The average molecular weight is 286 g/mol. The maximum Gasteiger partial charge on any atom is 0.242 e. The van der Waals surface area contributed by atoms with Gasteiger partial charge in [0.15, 0.2) is 0 Å². The van der Waals surface area contributed by atoms with Gasteiger partial charge in [-0.1, -0.05) is 24.0 Å². The molecule has 0 spiro atoms. The maximum atomic E-state index is 11.9. The van der Waals surface area contributed by atoms with E-state index in [0.717, 1.165) is 11.1 Å². The fourth-order valence-electron chi connectivity index (χ4n) is 2.04. The predicted molar refractivity (Wildman–Crippen MR) is 78.1 cm³/mol. The van der Waals surface area contributed by atoms with E-state index < -0.39 is 0 Å². The Bertz CT molecular complexity index is 584. The van der Waals surface area contributed by atoms with Crippen LogP contribution in [0.5, 0.6) is 0 Å². The van der Waals surface area contributed by atoms with Crippen LogP contribution in [0.4, 0.5) is 0 Å². The zero-order chi connectivity index (χ0) is 15.2. The number of likely N-dealkylation sites (N-methyl/N-ethyl adjacent to an activating group) is 1. The highest BCUT2D eigenvalue weighted by Crippen LogP contribution is 2.10. The molecule has 0 atom stereocenters. The molecular formula is C16H18N2O3. The van der Waals surface area contributed by atoms with Crippen molar-refractivity contribution < 1.29 is 14.7 Å². The highest BCUT2D eigenvalue weighted by molar-refractivity contribution is 5.92. The van der Waals surface area contributed by atoms with Crippen LogP contribution in [0.2, 0.25) is 0 Å². The number of hydrogen-bond acceptors (Lipinski definition) is 3. The van der Waals surface area contributed by atoms with Crippen LogP contribution < -0.4 is 0 Å². The van der Waals surface area contributed by atoms with E-state index in [4.69, 9.17) is 5.11 Å². The molecule has 5 heteroatoms. The molecular weight excluding hydrogens is 268 g/mol. The fourth-order valence-corrected chi connectivity index (χ4v) is 2.04. The Morgan fingerprint density at radius 1 is 1.14 bits per heavy atom. The first-order valence-corrected chi connectivity index (χ1v) is 6.80. The summed E-state index contributed by atoms with van der Waals surface area (Å²) in [5.41, 5.74) is 1.83. The van der Waals surface area contributed by atoms with Crippen molar-refractivity contribution in [2.24, 2.45) is 0 Å². The topological polar surface area (TPSA) is 60.9 Å². The molecule has 0 aromatic heterocycles. The van der Waals surface area contributed by atoms with E-state index in [1.165, 1.54) is 4.90 Å². The lowest BCUT2D eigenvalue weighted by molar-refractivity contribution is -0.149. The van der Waals surface area contributed by atoms with Crippen LogP contribution in [0.25, 0.3) is 0 Å². The van der Waals surface area contributed by atoms with E-state index in [0.29, 0.717) is 13.0 Å². The quantitative estimate of drug-likeness (QED) is 0.809. The Hall–Kier alpha value is -2.32. The summed E-state index contributed by atoms with van der Waals surface area (Å²) in [5, 5.41) is 8.66. The van der Waals surface area contributed by atoms with Crippen LogP contribution >= 0.6 is 0 Å². The van der Waals surface area contributed by atoms with Gasteiger partial charge < -0.3 is 14.9 Å². The highest BCUT2D eigenvalue weighted by Gasteiger charge is 2.27. The zero-order valence-electron chi connectivity index (χ0n) is 12.0. The zero-order valence-corrected chi connectivity index (χ0v) is 12.0. The monoisotopic (exact) mass is 286 g/mol. The molecule has 110 valence electrons. The second kappa shape index (κ2) is 6.91. The van der Waals surface area contributed by atoms with E-state index in [1.807, 2.05) is 24.3 Å². The van der Waals surface area contributed by atoms with Crippen molar-refractivity contribution >= 4 is 11.8 Å². The molecule has 1 saturated heterocycles. The van der Waals surface area contributed by atoms with Gasteiger partial charge in [-0.15, -0.1) is 0 Å². The van der Waals surface area contributed by atoms with Gasteiger partial charge in [0.25, 0.3) is 0 Å². The lowest BCUT2D eigenvalue weighted by Crippen LogP contribution is -2.51. The molecule has 1 aliphatic rings. The Morgan fingerprint density at radius 2 is 1.86 bits per heavy atom. The molecule has 1 aromatic carbocycles. The molecule has 0 aliphatic carbocycles. The molecule has 2 rings (SSSR count). The molecule has 0 unspecified atom stereocenters. The van der Waals surface area contributed by atoms with E-state index in [-0.39, 0.29) is 31.5 Å². The van der Waals surface area contributed by atoms with Crippen molar-refractivity contribution in [2.75, 3.05) is 26.7 Å². The second-order valence-corrected chi connectivity index (χ2v) is 4.97. The van der Waals surface area contributed by atoms with Gasteiger partial charge in [0.1, 0.15) is 6.54 Å². The molecule has 5 nitrogen and oxygen atoms in total. The first kappa shape index (κ1) is 15.1. The number of nitrogens with zero attached hydrogens (tertiary/aromatic N) is 2. The molecule has 1 N–H and O–H groups in total. The van der Waals surface area contributed by atoms with E-state index >= 15 is 0 Å². The van der Waals surface area contributed by atoms with Gasteiger partial charge in [-0.25, -0.2) is 0 Å². The third kappa shape index (κ3) is 4.07. The minimum absolute atomic E-state index is 0.0380. The minimum atomic E-state index is -0.0407. The summed E-state index contributed by atoms with van der Waals surface area (Å²) in [7, 11) is 1.64. The van der Waals surface area contributed by atoms with Crippen LogP contribution in [0.1, 0.15) is 17.5 Å². The molecule has 0 radical (unpaired) electrons. The molecule has 0 bridgehead atoms. The number of piperazine rings is 1. The summed E-state index contributed by atoms with van der Waals surface area (Å²) in [4.78, 5) is 26.5. The molecule has 1 aliphatic heterocycles. The summed E-state index contributed by atoms with van der Waals surface area (Å²) < 4.78 is 0. The normalized spacial score (nSPS) is 15.0. The van der Waals surface area contributed by atoms with Crippen molar-refractivity contribution in [2.45, 2.75) is 13.0 Å². The Balaban J connectivity index is 1.99. The van der Waals surface area contributed by atoms with E-state index in [2.05, 4.69) is 11.8 Å². The predicted octanol–water partition coefficient (Wildman–Crippen LogP) is 0.221. The van der Waals surface area contributed by atoms with Crippen LogP contribution in [0, 0.1) is 11.8 Å². The van der Waals surface area contributed by atoms with Crippen molar-refractivity contribution in [1.82, 2.24) is 9.80 Å². The lowest BCUT2D eigenvalue weighted by atomic mass is 10.1. The maximum absolute atomic E-state index is 11.9. The third-order valence-corrected chi connectivity index (χ3v) is 3.27. The van der Waals surface area contributed by atoms with Crippen molar-refractivity contribution in [1.29, 1.82) is 0 Å². The SMILES string of the molecule is CN1CC(=O)N(Cc2ccc(C#CCCO)cc2)CC1=O. The van der Waals surface area contributed by atoms with Crippen molar-refractivity contribution in [3.63, 3.8) is 0 Å². The summed E-state index contributed by atoms with van der Waals surface area (Å²) in [5.74, 6) is 5.72. The van der Waals surface area contributed by atoms with E-state index in [1.54, 1.807) is 11.9 Å². The summed E-state index contributed by atoms with van der Waals surface area (Å²) in [6.45, 7) is 0.768. The number of carbonyl (C=O) groups is 2. The number of aliphatic hydroxyl groups is 1. The van der Waals surface area contributed by atoms with Gasteiger partial charge in [-0.2, -0.15) is 0 Å². The van der Waals surface area contributed by atoms with Crippen LogP contribution in [-0.4, -0.2) is 53.5 Å². The Labute approximate surface area is 124 Å². The number of aliphatic hydroxyl groups excluding tert-OH is 1. The first-order chi connectivity index (χ1) is 10.1. The highest BCUT2D eigenvalue weighted by atomic mass is 16.2. The van der Waals surface area contributed by atoms with E-state index in [9.17, 15) is 9.59 Å². The second-order valence-electron chi connectivity index (χ2n) is 4.97. The molecule has 1 heterocycles. The number of benzene rings is 1. The van der Waals surface area contributed by atoms with Crippen LogP contribution in [0.3, 0.4) is 0 Å². The fraction of sp³-hybridized carbons (Fsp3) is 0.375. The van der Waals surface area contributed by atoms with Gasteiger partial charge in [0.05, 0.1) is 13.2 Å². The Morgan fingerprint density at radius 3 is 2.52 bits per heavy atom. The number of hydrogen-bond donors (Lipinski definition) is 1. The lowest BCUT2D eigenvalue weighted by Gasteiger charge is -2.31. The van der Waals surface area contributed by atoms with Crippen molar-refractivity contribution in [3.8, 4) is 11.8 Å². The molecule has 1 fully saturated rings. The first-order valence-electron chi connectivity index (χ1n) is 6.80. The smallest absolute Gasteiger partial charge is 0.242 e. The number of carbonyl (C=O) groups excluding carboxylic acids is 2. The summed E-state index contributed by atoms with van der Waals surface area (Å²) >= 11 is 0. The van der Waals surface area contributed by atoms with Gasteiger partial charge in [0.2, 0.25) is 11.8 Å². The molecule has 21 heavy (non-hydrogen) atoms. The largest absolute Gasteiger partial charge is 0.395 e. The van der Waals surface area contributed by atoms with Gasteiger partial charge in [-0.3, -0.25) is 9.59 Å². The van der Waals surface area contributed by atoms with Gasteiger partial charge in [0, 0.05) is 25.6 Å². The number of rotatable bonds is 3. The summed E-state index contributed by atoms with van der Waals surface area (Å²) in [6, 6.07) is 7.56. The minimum Gasteiger partial charge on any atom is -0.395 e. The molecule has 1 aromatic rings.